The van der Waals surface area contributed by atoms with Crippen molar-refractivity contribution in [1.82, 2.24) is 0 Å². The molecule has 2 N–H and O–H groups in total. The van der Waals surface area contributed by atoms with Crippen molar-refractivity contribution in [3.8, 4) is 0 Å². The fourth-order valence-corrected chi connectivity index (χ4v) is 1.65. The molecule has 1 aromatic rings. The predicted molar refractivity (Wildman–Crippen MR) is 59.6 cm³/mol. The number of hydrogen-bond donors (Lipinski definition) is 1. The van der Waals surface area contributed by atoms with E-state index < -0.39 is 0 Å². The van der Waals surface area contributed by atoms with Crippen LogP contribution in [0, 0.1) is 6.92 Å². The zero-order valence-corrected chi connectivity index (χ0v) is 9.19. The molecule has 0 saturated heterocycles. The Bertz CT molecular complexity index is 336. The van der Waals surface area contributed by atoms with E-state index in [4.69, 9.17) is 5.73 Å². The highest BCUT2D eigenvalue weighted by Crippen LogP contribution is 2.22. The fraction of sp³-hybridized carbons (Fsp3) is 0.417. The van der Waals surface area contributed by atoms with E-state index in [-0.39, 0.29) is 11.9 Å². The summed E-state index contributed by atoms with van der Waals surface area (Å²) in [6.45, 7) is 2.48. The highest BCUT2D eigenvalue weighted by molar-refractivity contribution is 5.70. The molecule has 15 heavy (non-hydrogen) atoms. The SMILES string of the molecule is COC(=O)CC(CN)c1ccccc1C. The number of ether oxygens (including phenoxy) is 1. The summed E-state index contributed by atoms with van der Waals surface area (Å²) in [6.07, 6.45) is 0.345. The lowest BCUT2D eigenvalue weighted by atomic mass is 9.92. The monoisotopic (exact) mass is 207 g/mol. The molecule has 1 atom stereocenters. The van der Waals surface area contributed by atoms with Gasteiger partial charge in [0, 0.05) is 5.92 Å². The molecule has 1 aromatic carbocycles. The van der Waals surface area contributed by atoms with Gasteiger partial charge in [-0.05, 0) is 24.6 Å². The second kappa shape index (κ2) is 5.51. The van der Waals surface area contributed by atoms with Crippen LogP contribution >= 0.6 is 0 Å². The first-order chi connectivity index (χ1) is 7.19. The summed E-state index contributed by atoms with van der Waals surface area (Å²) in [7, 11) is 1.40. The van der Waals surface area contributed by atoms with Gasteiger partial charge >= 0.3 is 5.97 Å². The summed E-state index contributed by atoms with van der Waals surface area (Å²) in [4.78, 5) is 11.2. The van der Waals surface area contributed by atoms with Crippen molar-refractivity contribution < 1.29 is 9.53 Å². The van der Waals surface area contributed by atoms with Crippen LogP contribution in [0.4, 0.5) is 0 Å². The van der Waals surface area contributed by atoms with Crippen LogP contribution < -0.4 is 5.73 Å². The molecule has 82 valence electrons. The van der Waals surface area contributed by atoms with Crippen molar-refractivity contribution in [3.63, 3.8) is 0 Å². The molecule has 0 aliphatic carbocycles. The number of benzene rings is 1. The number of aryl methyl sites for hydroxylation is 1. The molecule has 0 radical (unpaired) electrons. The Labute approximate surface area is 90.2 Å². The summed E-state index contributed by atoms with van der Waals surface area (Å²) in [5.74, 6) is -0.160. The molecule has 1 unspecified atom stereocenters. The minimum absolute atomic E-state index is 0.0543. The number of methoxy groups -OCH3 is 1. The average Bonchev–Trinajstić information content (AvgIpc) is 2.26. The molecular weight excluding hydrogens is 190 g/mol. The maximum absolute atomic E-state index is 11.2. The van der Waals surface area contributed by atoms with Crippen molar-refractivity contribution in [2.45, 2.75) is 19.3 Å². The molecule has 0 aliphatic rings. The zero-order chi connectivity index (χ0) is 11.3. The number of carbonyl (C=O) groups is 1. The van der Waals surface area contributed by atoms with E-state index in [1.165, 1.54) is 7.11 Å². The Morgan fingerprint density at radius 2 is 2.13 bits per heavy atom. The van der Waals surface area contributed by atoms with Crippen molar-refractivity contribution in [3.05, 3.63) is 35.4 Å². The summed E-state index contributed by atoms with van der Waals surface area (Å²) in [5.41, 5.74) is 7.96. The summed E-state index contributed by atoms with van der Waals surface area (Å²) in [6, 6.07) is 7.97. The van der Waals surface area contributed by atoms with Crippen LogP contribution in [0.5, 0.6) is 0 Å². The van der Waals surface area contributed by atoms with Gasteiger partial charge in [-0.25, -0.2) is 0 Å². The normalized spacial score (nSPS) is 12.2. The van der Waals surface area contributed by atoms with Crippen LogP contribution in [0.1, 0.15) is 23.5 Å². The standard InChI is InChI=1S/C12H17NO2/c1-9-5-3-4-6-11(9)10(8-13)7-12(14)15-2/h3-6,10H,7-8,13H2,1-2H3. The second-order valence-corrected chi connectivity index (χ2v) is 3.57. The van der Waals surface area contributed by atoms with E-state index in [9.17, 15) is 4.79 Å². The Kier molecular flexibility index (Phi) is 4.31. The lowest BCUT2D eigenvalue weighted by Gasteiger charge is -2.16. The third-order valence-electron chi connectivity index (χ3n) is 2.55. The minimum Gasteiger partial charge on any atom is -0.469 e. The van der Waals surface area contributed by atoms with E-state index in [1.54, 1.807) is 0 Å². The quantitative estimate of drug-likeness (QED) is 0.763. The van der Waals surface area contributed by atoms with Crippen molar-refractivity contribution in [2.24, 2.45) is 5.73 Å². The molecule has 3 nitrogen and oxygen atoms in total. The highest BCUT2D eigenvalue weighted by atomic mass is 16.5. The molecule has 0 spiro atoms. The van der Waals surface area contributed by atoms with E-state index in [2.05, 4.69) is 4.74 Å². The lowest BCUT2D eigenvalue weighted by molar-refractivity contribution is -0.141. The largest absolute Gasteiger partial charge is 0.469 e. The van der Waals surface area contributed by atoms with Gasteiger partial charge in [-0.3, -0.25) is 4.79 Å². The van der Waals surface area contributed by atoms with Gasteiger partial charge in [0.2, 0.25) is 0 Å². The Balaban J connectivity index is 2.83. The minimum atomic E-state index is -0.214. The molecule has 0 aromatic heterocycles. The fourth-order valence-electron chi connectivity index (χ4n) is 1.65. The maximum Gasteiger partial charge on any atom is 0.306 e. The third kappa shape index (κ3) is 3.06. The van der Waals surface area contributed by atoms with E-state index in [0.29, 0.717) is 13.0 Å². The first kappa shape index (κ1) is 11.7. The smallest absolute Gasteiger partial charge is 0.306 e. The van der Waals surface area contributed by atoms with Gasteiger partial charge < -0.3 is 10.5 Å². The molecule has 0 saturated carbocycles. The first-order valence-electron chi connectivity index (χ1n) is 5.01. The van der Waals surface area contributed by atoms with E-state index >= 15 is 0 Å². The Morgan fingerprint density at radius 3 is 2.67 bits per heavy atom. The van der Waals surface area contributed by atoms with Gasteiger partial charge in [-0.1, -0.05) is 24.3 Å². The summed E-state index contributed by atoms with van der Waals surface area (Å²) in [5, 5.41) is 0. The number of rotatable bonds is 4. The molecule has 0 aliphatic heterocycles. The molecule has 0 bridgehead atoms. The zero-order valence-electron chi connectivity index (χ0n) is 9.19. The van der Waals surface area contributed by atoms with Crippen LogP contribution in [0.3, 0.4) is 0 Å². The van der Waals surface area contributed by atoms with Gasteiger partial charge in [0.25, 0.3) is 0 Å². The Morgan fingerprint density at radius 1 is 1.47 bits per heavy atom. The predicted octanol–water partition coefficient (Wildman–Crippen LogP) is 1.60. The van der Waals surface area contributed by atoms with Gasteiger partial charge in [-0.15, -0.1) is 0 Å². The Hall–Kier alpha value is -1.35. The summed E-state index contributed by atoms with van der Waals surface area (Å²) < 4.78 is 4.65. The number of carbonyl (C=O) groups excluding carboxylic acids is 1. The van der Waals surface area contributed by atoms with Crippen LogP contribution in [0.25, 0.3) is 0 Å². The van der Waals surface area contributed by atoms with E-state index in [1.807, 2.05) is 31.2 Å². The van der Waals surface area contributed by atoms with Crippen molar-refractivity contribution >= 4 is 5.97 Å². The second-order valence-electron chi connectivity index (χ2n) is 3.57. The van der Waals surface area contributed by atoms with Gasteiger partial charge in [0.05, 0.1) is 13.5 Å². The number of nitrogens with two attached hydrogens (primary N) is 1. The number of hydrogen-bond acceptors (Lipinski definition) is 3. The van der Waals surface area contributed by atoms with Crippen LogP contribution in [0.2, 0.25) is 0 Å². The molecule has 0 fully saturated rings. The van der Waals surface area contributed by atoms with Gasteiger partial charge in [-0.2, -0.15) is 0 Å². The third-order valence-corrected chi connectivity index (χ3v) is 2.55. The van der Waals surface area contributed by atoms with Gasteiger partial charge in [0.15, 0.2) is 0 Å². The maximum atomic E-state index is 11.2. The van der Waals surface area contributed by atoms with E-state index in [0.717, 1.165) is 11.1 Å². The van der Waals surface area contributed by atoms with Crippen LogP contribution in [0.15, 0.2) is 24.3 Å². The van der Waals surface area contributed by atoms with Crippen molar-refractivity contribution in [2.75, 3.05) is 13.7 Å². The molecule has 3 heteroatoms. The van der Waals surface area contributed by atoms with Crippen LogP contribution in [-0.4, -0.2) is 19.6 Å². The molecule has 0 amide bonds. The topological polar surface area (TPSA) is 52.3 Å². The van der Waals surface area contributed by atoms with Crippen LogP contribution in [-0.2, 0) is 9.53 Å². The van der Waals surface area contributed by atoms with Crippen molar-refractivity contribution in [1.29, 1.82) is 0 Å². The highest BCUT2D eigenvalue weighted by Gasteiger charge is 2.16. The summed E-state index contributed by atoms with van der Waals surface area (Å²) >= 11 is 0. The number of esters is 1. The molecule has 1 rings (SSSR count). The van der Waals surface area contributed by atoms with Gasteiger partial charge in [0.1, 0.15) is 0 Å². The first-order valence-corrected chi connectivity index (χ1v) is 5.01. The molecule has 0 heterocycles. The lowest BCUT2D eigenvalue weighted by Crippen LogP contribution is -2.18. The average molecular weight is 207 g/mol. The molecular formula is C12H17NO2.